The van der Waals surface area contributed by atoms with E-state index in [0.717, 1.165) is 0 Å². The van der Waals surface area contributed by atoms with Crippen molar-refractivity contribution in [1.82, 2.24) is 10.6 Å². The number of carbonyl (C=O) groups excluding carboxylic acids is 2. The Bertz CT molecular complexity index is 511. The predicted molar refractivity (Wildman–Crippen MR) is 73.1 cm³/mol. The highest BCUT2D eigenvalue weighted by molar-refractivity contribution is 7.73. The van der Waals surface area contributed by atoms with Gasteiger partial charge in [0.2, 0.25) is 11.8 Å². The standard InChI is InChI=1S/C10H17N4O7S/c11-5(10(19)20)1-2-7(15)14-6(4-22(12)21)9(18)13-3-8(16)17/h5-6,12H,1-4,11H2,(H,13,18)(H,14,15)(H,16,17)(H,19,20)/q-1/t5-,6-/m0/s1. The summed E-state index contributed by atoms with van der Waals surface area (Å²) >= 11 is 0. The third-order valence-corrected chi connectivity index (χ3v) is 3.02. The summed E-state index contributed by atoms with van der Waals surface area (Å²) in [6.07, 6.45) is -0.463. The molecule has 0 aromatic heterocycles. The first-order valence-corrected chi connectivity index (χ1v) is 7.32. The van der Waals surface area contributed by atoms with Crippen molar-refractivity contribution in [2.45, 2.75) is 24.9 Å². The average molecular weight is 337 g/mol. The van der Waals surface area contributed by atoms with Gasteiger partial charge in [-0.15, -0.1) is 0 Å². The lowest BCUT2D eigenvalue weighted by Crippen LogP contribution is -2.50. The zero-order chi connectivity index (χ0) is 17.3. The maximum Gasteiger partial charge on any atom is 0.322 e. The summed E-state index contributed by atoms with van der Waals surface area (Å²) in [5.74, 6) is -4.74. The van der Waals surface area contributed by atoms with Crippen LogP contribution >= 0.6 is 0 Å². The zero-order valence-electron chi connectivity index (χ0n) is 11.4. The van der Waals surface area contributed by atoms with Crippen LogP contribution in [0.4, 0.5) is 0 Å². The number of amides is 2. The SMILES string of the molecule is N=[S-](=O)C[C@H](NC(=O)CC[C@H](N)C(=O)O)C(=O)NCC(=O)O. The molecule has 22 heavy (non-hydrogen) atoms. The Hall–Kier alpha value is -2.21. The number of nitrogens with one attached hydrogen (secondary N) is 3. The van der Waals surface area contributed by atoms with Crippen LogP contribution in [-0.2, 0) is 34.0 Å². The van der Waals surface area contributed by atoms with E-state index in [4.69, 9.17) is 20.7 Å². The number of carbonyl (C=O) groups is 4. The largest absolute Gasteiger partial charge is 0.480 e. The van der Waals surface area contributed by atoms with E-state index in [1.54, 1.807) is 0 Å². The molecule has 0 aliphatic carbocycles. The lowest BCUT2D eigenvalue weighted by molar-refractivity contribution is -0.139. The number of carboxylic acids is 2. The van der Waals surface area contributed by atoms with Gasteiger partial charge >= 0.3 is 11.9 Å². The van der Waals surface area contributed by atoms with Gasteiger partial charge in [0, 0.05) is 6.42 Å². The highest BCUT2D eigenvalue weighted by atomic mass is 32.2. The molecule has 0 aromatic carbocycles. The number of aliphatic carboxylic acids is 2. The second kappa shape index (κ2) is 9.68. The third kappa shape index (κ3) is 8.86. The average Bonchev–Trinajstić information content (AvgIpc) is 2.40. The Kier molecular flexibility index (Phi) is 8.70. The number of rotatable bonds is 10. The van der Waals surface area contributed by atoms with E-state index >= 15 is 0 Å². The fraction of sp³-hybridized carbons (Fsp3) is 0.600. The highest BCUT2D eigenvalue weighted by Gasteiger charge is 2.20. The molecule has 0 spiro atoms. The lowest BCUT2D eigenvalue weighted by atomic mass is 10.1. The van der Waals surface area contributed by atoms with Gasteiger partial charge < -0.3 is 35.6 Å². The van der Waals surface area contributed by atoms with Gasteiger partial charge in [-0.05, 0) is 6.42 Å². The molecule has 12 heteroatoms. The van der Waals surface area contributed by atoms with E-state index in [0.29, 0.717) is 0 Å². The number of nitrogens with two attached hydrogens (primary N) is 1. The summed E-state index contributed by atoms with van der Waals surface area (Å²) in [5.41, 5.74) is 5.21. The molecule has 11 nitrogen and oxygen atoms in total. The van der Waals surface area contributed by atoms with E-state index in [9.17, 15) is 23.4 Å². The minimum absolute atomic E-state index is 0.172. The van der Waals surface area contributed by atoms with Gasteiger partial charge in [-0.3, -0.25) is 19.2 Å². The van der Waals surface area contributed by atoms with Crippen molar-refractivity contribution in [3.8, 4) is 0 Å². The maximum absolute atomic E-state index is 11.6. The van der Waals surface area contributed by atoms with Crippen molar-refractivity contribution in [2.75, 3.05) is 12.3 Å². The first kappa shape index (κ1) is 19.8. The van der Waals surface area contributed by atoms with E-state index in [1.165, 1.54) is 0 Å². The van der Waals surface area contributed by atoms with Crippen molar-refractivity contribution in [3.63, 3.8) is 0 Å². The van der Waals surface area contributed by atoms with Gasteiger partial charge in [0.25, 0.3) is 0 Å². The predicted octanol–water partition coefficient (Wildman–Crippen LogP) is -2.41. The fourth-order valence-electron chi connectivity index (χ4n) is 1.30. The van der Waals surface area contributed by atoms with Gasteiger partial charge in [0.1, 0.15) is 12.6 Å². The molecule has 0 fully saturated rings. The normalized spacial score (nSPS) is 13.2. The Morgan fingerprint density at radius 3 is 2.27 bits per heavy atom. The molecule has 126 valence electrons. The molecule has 2 atom stereocenters. The van der Waals surface area contributed by atoms with Crippen LogP contribution in [0.25, 0.3) is 0 Å². The molecular weight excluding hydrogens is 320 g/mol. The Morgan fingerprint density at radius 1 is 1.23 bits per heavy atom. The Balaban J connectivity index is 4.57. The van der Waals surface area contributed by atoms with Crippen LogP contribution in [0.1, 0.15) is 12.8 Å². The molecule has 0 saturated carbocycles. The quantitative estimate of drug-likeness (QED) is 0.237. The second-order valence-corrected chi connectivity index (χ2v) is 5.25. The summed E-state index contributed by atoms with van der Waals surface area (Å²) in [7, 11) is -2.16. The molecule has 0 radical (unpaired) electrons. The molecule has 0 aliphatic rings. The van der Waals surface area contributed by atoms with Crippen LogP contribution in [0.2, 0.25) is 0 Å². The molecule has 0 aromatic rings. The Labute approximate surface area is 127 Å². The van der Waals surface area contributed by atoms with Crippen LogP contribution < -0.4 is 16.4 Å². The maximum atomic E-state index is 11.6. The number of hydrogen-bond donors (Lipinski definition) is 6. The first-order chi connectivity index (χ1) is 10.1. The third-order valence-electron chi connectivity index (χ3n) is 2.38. The van der Waals surface area contributed by atoms with Crippen LogP contribution in [0, 0.1) is 4.78 Å². The smallest absolute Gasteiger partial charge is 0.322 e. The molecular formula is C10H17N4O7S-. The van der Waals surface area contributed by atoms with Gasteiger partial charge in [0.05, 0.1) is 6.04 Å². The summed E-state index contributed by atoms with van der Waals surface area (Å²) in [6.45, 7) is -0.695. The van der Waals surface area contributed by atoms with Crippen LogP contribution in [-0.4, -0.2) is 58.3 Å². The van der Waals surface area contributed by atoms with E-state index in [-0.39, 0.29) is 12.8 Å². The Morgan fingerprint density at radius 2 is 1.82 bits per heavy atom. The molecule has 0 saturated heterocycles. The van der Waals surface area contributed by atoms with Crippen molar-refractivity contribution in [2.24, 2.45) is 5.73 Å². The van der Waals surface area contributed by atoms with Crippen LogP contribution in [0.3, 0.4) is 0 Å². The van der Waals surface area contributed by atoms with Gasteiger partial charge in [-0.1, -0.05) is 5.75 Å². The van der Waals surface area contributed by atoms with E-state index < -0.39 is 58.7 Å². The van der Waals surface area contributed by atoms with Crippen LogP contribution in [0.5, 0.6) is 0 Å². The highest BCUT2D eigenvalue weighted by Crippen LogP contribution is 1.97. The summed E-state index contributed by atoms with van der Waals surface area (Å²) in [6, 6.07) is -2.60. The minimum atomic E-state index is -2.16. The summed E-state index contributed by atoms with van der Waals surface area (Å²) in [4.78, 5) is 44.1. The molecule has 0 rings (SSSR count). The van der Waals surface area contributed by atoms with Crippen molar-refractivity contribution in [1.29, 1.82) is 4.78 Å². The summed E-state index contributed by atoms with van der Waals surface area (Å²) < 4.78 is 17.8. The fourth-order valence-corrected chi connectivity index (χ4v) is 1.83. The molecule has 0 unspecified atom stereocenters. The van der Waals surface area contributed by atoms with Crippen LogP contribution in [0.15, 0.2) is 0 Å². The van der Waals surface area contributed by atoms with Crippen molar-refractivity contribution < 1.29 is 33.6 Å². The van der Waals surface area contributed by atoms with Crippen molar-refractivity contribution >= 4 is 34.3 Å². The molecule has 2 amide bonds. The molecule has 7 N–H and O–H groups in total. The molecule has 0 aliphatic heterocycles. The minimum Gasteiger partial charge on any atom is -0.480 e. The van der Waals surface area contributed by atoms with Gasteiger partial charge in [0.15, 0.2) is 0 Å². The van der Waals surface area contributed by atoms with E-state index in [1.807, 2.05) is 5.32 Å². The topological polar surface area (TPSA) is 200 Å². The number of hydrogen-bond acceptors (Lipinski definition) is 8. The second-order valence-electron chi connectivity index (χ2n) is 4.23. The lowest BCUT2D eigenvalue weighted by Gasteiger charge is -2.19. The first-order valence-electron chi connectivity index (χ1n) is 6.00. The molecule has 0 heterocycles. The summed E-state index contributed by atoms with van der Waals surface area (Å²) in [5, 5.41) is 21.1. The van der Waals surface area contributed by atoms with Gasteiger partial charge in [-0.2, -0.15) is 10.6 Å². The number of carboxylic acid groups (broad SMARTS) is 2. The molecule has 0 bridgehead atoms. The van der Waals surface area contributed by atoms with Crippen molar-refractivity contribution in [3.05, 3.63) is 0 Å². The van der Waals surface area contributed by atoms with E-state index in [2.05, 4.69) is 5.32 Å². The monoisotopic (exact) mass is 337 g/mol. The zero-order valence-corrected chi connectivity index (χ0v) is 12.2. The van der Waals surface area contributed by atoms with Gasteiger partial charge in [-0.25, -0.2) is 0 Å².